The van der Waals surface area contributed by atoms with Gasteiger partial charge in [0.15, 0.2) is 5.69 Å². The largest absolute Gasteiger partial charge is 0.477 e. The third-order valence-electron chi connectivity index (χ3n) is 3.34. The minimum absolute atomic E-state index is 0.00470. The standard InChI is InChI=1S/C12H17N3O3/c1-8-6-9(10(16)17)15-11(14-8)13-7-12(18-2)4-3-5-12/h6H,3-5,7H2,1-2H3,(H,16,17)(H,13,14,15). The van der Waals surface area contributed by atoms with Gasteiger partial charge >= 0.3 is 5.97 Å². The Labute approximate surface area is 105 Å². The maximum Gasteiger partial charge on any atom is 0.354 e. The number of carboxylic acid groups (broad SMARTS) is 1. The number of rotatable bonds is 5. The van der Waals surface area contributed by atoms with Gasteiger partial charge in [-0.1, -0.05) is 0 Å². The number of nitrogens with one attached hydrogen (secondary N) is 1. The number of methoxy groups -OCH3 is 1. The Kier molecular flexibility index (Phi) is 3.47. The summed E-state index contributed by atoms with van der Waals surface area (Å²) in [6.45, 7) is 2.35. The van der Waals surface area contributed by atoms with Crippen molar-refractivity contribution in [2.45, 2.75) is 31.8 Å². The highest BCUT2D eigenvalue weighted by Gasteiger charge is 2.36. The van der Waals surface area contributed by atoms with Crippen LogP contribution < -0.4 is 5.32 Å². The number of aryl methyl sites for hydroxylation is 1. The van der Waals surface area contributed by atoms with Crippen LogP contribution in [0.15, 0.2) is 6.07 Å². The van der Waals surface area contributed by atoms with Gasteiger partial charge in [-0.2, -0.15) is 0 Å². The van der Waals surface area contributed by atoms with Crippen molar-refractivity contribution in [1.82, 2.24) is 9.97 Å². The second-order valence-electron chi connectivity index (χ2n) is 4.62. The van der Waals surface area contributed by atoms with Gasteiger partial charge in [-0.3, -0.25) is 0 Å². The van der Waals surface area contributed by atoms with E-state index in [4.69, 9.17) is 9.84 Å². The molecule has 0 unspecified atom stereocenters. The van der Waals surface area contributed by atoms with E-state index < -0.39 is 5.97 Å². The fourth-order valence-corrected chi connectivity index (χ4v) is 2.02. The molecule has 0 aliphatic heterocycles. The second-order valence-corrected chi connectivity index (χ2v) is 4.62. The minimum Gasteiger partial charge on any atom is -0.477 e. The highest BCUT2D eigenvalue weighted by atomic mass is 16.5. The van der Waals surface area contributed by atoms with Crippen molar-refractivity contribution in [3.8, 4) is 0 Å². The quantitative estimate of drug-likeness (QED) is 0.824. The van der Waals surface area contributed by atoms with Crippen LogP contribution >= 0.6 is 0 Å². The Balaban J connectivity index is 2.07. The van der Waals surface area contributed by atoms with Gasteiger partial charge < -0.3 is 15.2 Å². The lowest BCUT2D eigenvalue weighted by atomic mass is 9.80. The lowest BCUT2D eigenvalue weighted by Gasteiger charge is -2.40. The van der Waals surface area contributed by atoms with Crippen LogP contribution in [-0.4, -0.2) is 40.3 Å². The van der Waals surface area contributed by atoms with Crippen LogP contribution in [0.2, 0.25) is 0 Å². The summed E-state index contributed by atoms with van der Waals surface area (Å²) in [6.07, 6.45) is 3.17. The molecule has 0 amide bonds. The van der Waals surface area contributed by atoms with Gasteiger partial charge in [0.2, 0.25) is 5.95 Å². The van der Waals surface area contributed by atoms with Crippen LogP contribution in [0.5, 0.6) is 0 Å². The van der Waals surface area contributed by atoms with E-state index in [0.29, 0.717) is 18.2 Å². The SMILES string of the molecule is COC1(CNc2nc(C)cc(C(=O)O)n2)CCC1. The normalized spacial score (nSPS) is 17.0. The topological polar surface area (TPSA) is 84.3 Å². The van der Waals surface area contributed by atoms with Crippen molar-refractivity contribution in [1.29, 1.82) is 0 Å². The molecular formula is C12H17N3O3. The Bertz CT molecular complexity index is 452. The highest BCUT2D eigenvalue weighted by Crippen LogP contribution is 2.34. The summed E-state index contributed by atoms with van der Waals surface area (Å²) in [7, 11) is 1.70. The van der Waals surface area contributed by atoms with Gasteiger partial charge in [-0.15, -0.1) is 0 Å². The lowest BCUT2D eigenvalue weighted by molar-refractivity contribution is -0.0602. The summed E-state index contributed by atoms with van der Waals surface area (Å²) in [6, 6.07) is 1.45. The first-order chi connectivity index (χ1) is 8.54. The van der Waals surface area contributed by atoms with Crippen LogP contribution in [0, 0.1) is 6.92 Å². The predicted molar refractivity (Wildman–Crippen MR) is 65.8 cm³/mol. The zero-order valence-corrected chi connectivity index (χ0v) is 10.6. The first-order valence-electron chi connectivity index (χ1n) is 5.93. The molecule has 0 radical (unpaired) electrons. The molecule has 98 valence electrons. The molecule has 0 bridgehead atoms. The molecule has 0 aromatic carbocycles. The molecule has 0 spiro atoms. The van der Waals surface area contributed by atoms with Crippen LogP contribution in [-0.2, 0) is 4.74 Å². The third kappa shape index (κ3) is 2.59. The summed E-state index contributed by atoms with van der Waals surface area (Å²) in [5.41, 5.74) is 0.492. The average Bonchev–Trinajstić information content (AvgIpc) is 2.27. The molecule has 2 rings (SSSR count). The van der Waals surface area contributed by atoms with E-state index in [1.54, 1.807) is 14.0 Å². The van der Waals surface area contributed by atoms with E-state index in [1.807, 2.05) is 0 Å². The van der Waals surface area contributed by atoms with E-state index in [0.717, 1.165) is 19.3 Å². The summed E-state index contributed by atoms with van der Waals surface area (Å²) in [4.78, 5) is 19.0. The third-order valence-corrected chi connectivity index (χ3v) is 3.34. The van der Waals surface area contributed by atoms with Crippen LogP contribution in [0.3, 0.4) is 0 Å². The number of aromatic nitrogens is 2. The fraction of sp³-hybridized carbons (Fsp3) is 0.583. The number of anilines is 1. The number of carboxylic acids is 1. The molecule has 1 aromatic heterocycles. The molecule has 18 heavy (non-hydrogen) atoms. The summed E-state index contributed by atoms with van der Waals surface area (Å²) in [5, 5.41) is 12.0. The number of hydrogen-bond acceptors (Lipinski definition) is 5. The van der Waals surface area contributed by atoms with E-state index in [-0.39, 0.29) is 11.3 Å². The van der Waals surface area contributed by atoms with Crippen LogP contribution in [0.1, 0.15) is 35.4 Å². The highest BCUT2D eigenvalue weighted by molar-refractivity contribution is 5.85. The number of hydrogen-bond donors (Lipinski definition) is 2. The Morgan fingerprint density at radius 3 is 2.78 bits per heavy atom. The van der Waals surface area contributed by atoms with Crippen LogP contribution in [0.4, 0.5) is 5.95 Å². The molecule has 1 aromatic rings. The fourth-order valence-electron chi connectivity index (χ4n) is 2.02. The summed E-state index contributed by atoms with van der Waals surface area (Å²) < 4.78 is 5.47. The summed E-state index contributed by atoms with van der Waals surface area (Å²) >= 11 is 0. The van der Waals surface area contributed by atoms with E-state index in [2.05, 4.69) is 15.3 Å². The maximum absolute atomic E-state index is 10.9. The molecule has 0 atom stereocenters. The number of aromatic carboxylic acids is 1. The van der Waals surface area contributed by atoms with E-state index >= 15 is 0 Å². The van der Waals surface area contributed by atoms with E-state index in [1.165, 1.54) is 6.07 Å². The first kappa shape index (κ1) is 12.8. The molecule has 1 fully saturated rings. The zero-order chi connectivity index (χ0) is 13.2. The minimum atomic E-state index is -1.05. The number of nitrogens with zero attached hydrogens (tertiary/aromatic N) is 2. The van der Waals surface area contributed by atoms with Crippen molar-refractivity contribution < 1.29 is 14.6 Å². The molecule has 0 saturated heterocycles. The molecule has 6 heteroatoms. The smallest absolute Gasteiger partial charge is 0.354 e. The van der Waals surface area contributed by atoms with Crippen molar-refractivity contribution in [3.63, 3.8) is 0 Å². The lowest BCUT2D eigenvalue weighted by Crippen LogP contribution is -2.45. The van der Waals surface area contributed by atoms with Crippen molar-refractivity contribution in [2.75, 3.05) is 19.0 Å². The van der Waals surface area contributed by atoms with E-state index in [9.17, 15) is 4.79 Å². The Morgan fingerprint density at radius 1 is 1.56 bits per heavy atom. The first-order valence-corrected chi connectivity index (χ1v) is 5.93. The van der Waals surface area contributed by atoms with Gasteiger partial charge in [-0.05, 0) is 32.3 Å². The van der Waals surface area contributed by atoms with Gasteiger partial charge in [-0.25, -0.2) is 14.8 Å². The van der Waals surface area contributed by atoms with Crippen molar-refractivity contribution >= 4 is 11.9 Å². The predicted octanol–water partition coefficient (Wildman–Crippen LogP) is 1.46. The molecule has 1 saturated carbocycles. The number of ether oxygens (including phenoxy) is 1. The molecule has 1 heterocycles. The van der Waals surface area contributed by atoms with Crippen molar-refractivity contribution in [3.05, 3.63) is 17.5 Å². The Hall–Kier alpha value is -1.69. The molecule has 1 aliphatic carbocycles. The second kappa shape index (κ2) is 4.89. The van der Waals surface area contributed by atoms with Gasteiger partial charge in [0.1, 0.15) is 0 Å². The average molecular weight is 251 g/mol. The molecule has 2 N–H and O–H groups in total. The zero-order valence-electron chi connectivity index (χ0n) is 10.6. The van der Waals surface area contributed by atoms with Crippen molar-refractivity contribution in [2.24, 2.45) is 0 Å². The molecule has 1 aliphatic rings. The monoisotopic (exact) mass is 251 g/mol. The van der Waals surface area contributed by atoms with Gasteiger partial charge in [0.25, 0.3) is 0 Å². The molecular weight excluding hydrogens is 234 g/mol. The van der Waals surface area contributed by atoms with Gasteiger partial charge in [0.05, 0.1) is 5.60 Å². The molecule has 6 nitrogen and oxygen atoms in total. The maximum atomic E-state index is 10.9. The van der Waals surface area contributed by atoms with Gasteiger partial charge in [0, 0.05) is 19.3 Å². The van der Waals surface area contributed by atoms with Crippen LogP contribution in [0.25, 0.3) is 0 Å². The number of carbonyl (C=O) groups is 1. The summed E-state index contributed by atoms with van der Waals surface area (Å²) in [5.74, 6) is -0.704. The Morgan fingerprint density at radius 2 is 2.28 bits per heavy atom.